The summed E-state index contributed by atoms with van der Waals surface area (Å²) in [5, 5.41) is 6.53. The summed E-state index contributed by atoms with van der Waals surface area (Å²) < 4.78 is 10.1. The van der Waals surface area contributed by atoms with Gasteiger partial charge in [-0.25, -0.2) is 15.2 Å². The zero-order chi connectivity index (χ0) is 19.6. The Morgan fingerprint density at radius 1 is 1.19 bits per heavy atom. The van der Waals surface area contributed by atoms with Crippen LogP contribution in [-0.4, -0.2) is 29.8 Å². The first kappa shape index (κ1) is 19.9. The molecule has 2 rings (SSSR count). The number of benzene rings is 1. The van der Waals surface area contributed by atoms with Crippen LogP contribution in [0.15, 0.2) is 47.7 Å². The van der Waals surface area contributed by atoms with Gasteiger partial charge in [-0.3, -0.25) is 4.79 Å². The minimum Gasteiger partial charge on any atom is -0.497 e. The van der Waals surface area contributed by atoms with E-state index in [2.05, 4.69) is 20.8 Å². The highest BCUT2D eigenvalue weighted by Crippen LogP contribution is 2.12. The van der Waals surface area contributed by atoms with E-state index in [9.17, 15) is 9.59 Å². The molecule has 27 heavy (non-hydrogen) atoms. The van der Waals surface area contributed by atoms with Crippen LogP contribution < -0.4 is 15.5 Å². The van der Waals surface area contributed by atoms with E-state index in [0.717, 1.165) is 16.9 Å². The number of nitrogens with one attached hydrogen (secondary N) is 2. The van der Waals surface area contributed by atoms with Gasteiger partial charge in [-0.05, 0) is 49.2 Å². The average molecular weight is 370 g/mol. The van der Waals surface area contributed by atoms with Gasteiger partial charge < -0.3 is 14.8 Å². The van der Waals surface area contributed by atoms with Crippen LogP contribution >= 0.6 is 0 Å². The molecule has 0 aliphatic heterocycles. The number of methoxy groups -OCH3 is 1. The number of aromatic nitrogens is 1. The second kappa shape index (κ2) is 9.91. The molecule has 1 aromatic carbocycles. The van der Waals surface area contributed by atoms with E-state index in [1.807, 2.05) is 13.0 Å². The molecule has 1 aromatic heterocycles. The number of pyridine rings is 1. The van der Waals surface area contributed by atoms with E-state index >= 15 is 0 Å². The number of rotatable bonds is 7. The standard InChI is InChI=1S/C19H22N4O4/c1-13-8-9-20-17(10-13)21-18(24)11-14(2)22-23-19(25)27-12-15-4-6-16(26-3)7-5-15/h4-10H,11-12H2,1-3H3,(H,23,25)(H,20,21,24). The molecule has 0 aliphatic rings. The van der Waals surface area contributed by atoms with Crippen LogP contribution in [0.1, 0.15) is 24.5 Å². The summed E-state index contributed by atoms with van der Waals surface area (Å²) >= 11 is 0. The smallest absolute Gasteiger partial charge is 0.428 e. The number of hydrogen-bond acceptors (Lipinski definition) is 6. The second-order valence-corrected chi connectivity index (χ2v) is 5.83. The molecule has 0 saturated carbocycles. The van der Waals surface area contributed by atoms with Gasteiger partial charge >= 0.3 is 6.09 Å². The number of carbonyl (C=O) groups excluding carboxylic acids is 2. The zero-order valence-electron chi connectivity index (χ0n) is 15.5. The summed E-state index contributed by atoms with van der Waals surface area (Å²) in [6.07, 6.45) is 0.937. The van der Waals surface area contributed by atoms with Gasteiger partial charge in [0, 0.05) is 11.9 Å². The first-order valence-corrected chi connectivity index (χ1v) is 8.27. The molecule has 8 nitrogen and oxygen atoms in total. The normalized spacial score (nSPS) is 10.9. The van der Waals surface area contributed by atoms with Crippen LogP contribution in [0.4, 0.5) is 10.6 Å². The predicted molar refractivity (Wildman–Crippen MR) is 102 cm³/mol. The summed E-state index contributed by atoms with van der Waals surface area (Å²) in [7, 11) is 1.58. The third-order valence-corrected chi connectivity index (χ3v) is 3.47. The Hall–Kier alpha value is -3.42. The predicted octanol–water partition coefficient (Wildman–Crippen LogP) is 3.03. The van der Waals surface area contributed by atoms with Crippen molar-refractivity contribution in [3.8, 4) is 5.75 Å². The van der Waals surface area contributed by atoms with Crippen LogP contribution in [-0.2, 0) is 16.1 Å². The van der Waals surface area contributed by atoms with Crippen molar-refractivity contribution in [2.24, 2.45) is 5.10 Å². The summed E-state index contributed by atoms with van der Waals surface area (Å²) in [5.41, 5.74) is 4.50. The van der Waals surface area contributed by atoms with Crippen molar-refractivity contribution in [2.45, 2.75) is 26.9 Å². The maximum Gasteiger partial charge on any atom is 0.428 e. The molecular formula is C19H22N4O4. The molecule has 2 N–H and O–H groups in total. The fraction of sp³-hybridized carbons (Fsp3) is 0.263. The molecule has 0 bridgehead atoms. The van der Waals surface area contributed by atoms with Crippen molar-refractivity contribution >= 4 is 23.5 Å². The average Bonchev–Trinajstić information content (AvgIpc) is 2.65. The molecule has 0 atom stereocenters. The van der Waals surface area contributed by atoms with Crippen molar-refractivity contribution in [3.05, 3.63) is 53.7 Å². The number of amides is 2. The minimum absolute atomic E-state index is 0.0222. The van der Waals surface area contributed by atoms with Gasteiger partial charge in [0.05, 0.1) is 13.5 Å². The maximum absolute atomic E-state index is 12.0. The van der Waals surface area contributed by atoms with Crippen molar-refractivity contribution < 1.29 is 19.1 Å². The minimum atomic E-state index is -0.703. The monoisotopic (exact) mass is 370 g/mol. The Morgan fingerprint density at radius 2 is 1.93 bits per heavy atom. The van der Waals surface area contributed by atoms with Crippen molar-refractivity contribution in [1.82, 2.24) is 10.4 Å². The first-order valence-electron chi connectivity index (χ1n) is 8.27. The van der Waals surface area contributed by atoms with E-state index in [4.69, 9.17) is 9.47 Å². The third kappa shape index (κ3) is 7.15. The highest BCUT2D eigenvalue weighted by atomic mass is 16.6. The van der Waals surface area contributed by atoms with Crippen LogP contribution in [0, 0.1) is 6.92 Å². The quantitative estimate of drug-likeness (QED) is 0.576. The molecule has 8 heteroatoms. The Morgan fingerprint density at radius 3 is 2.59 bits per heavy atom. The Balaban J connectivity index is 1.74. The number of anilines is 1. The number of hydrogen-bond donors (Lipinski definition) is 2. The SMILES string of the molecule is COc1ccc(COC(=O)NN=C(C)CC(=O)Nc2cc(C)ccn2)cc1. The third-order valence-electron chi connectivity index (χ3n) is 3.47. The lowest BCUT2D eigenvalue weighted by Crippen LogP contribution is -2.22. The van der Waals surface area contributed by atoms with Gasteiger partial charge in [0.15, 0.2) is 0 Å². The van der Waals surface area contributed by atoms with E-state index in [1.165, 1.54) is 0 Å². The van der Waals surface area contributed by atoms with Crippen molar-refractivity contribution in [3.63, 3.8) is 0 Å². The van der Waals surface area contributed by atoms with Crippen LogP contribution in [0.5, 0.6) is 5.75 Å². The van der Waals surface area contributed by atoms with Gasteiger partial charge in [0.1, 0.15) is 18.2 Å². The Labute approximate surface area is 157 Å². The topological polar surface area (TPSA) is 102 Å². The zero-order valence-corrected chi connectivity index (χ0v) is 15.5. The van der Waals surface area contributed by atoms with Crippen LogP contribution in [0.25, 0.3) is 0 Å². The summed E-state index contributed by atoms with van der Waals surface area (Å²) in [4.78, 5) is 27.7. The molecule has 0 unspecified atom stereocenters. The maximum atomic E-state index is 12.0. The molecule has 0 fully saturated rings. The number of nitrogens with zero attached hydrogens (tertiary/aromatic N) is 2. The molecule has 2 amide bonds. The molecule has 0 aliphatic carbocycles. The number of carbonyl (C=O) groups is 2. The molecule has 0 spiro atoms. The number of hydrazone groups is 1. The lowest BCUT2D eigenvalue weighted by atomic mass is 10.2. The molecule has 2 aromatic rings. The molecular weight excluding hydrogens is 348 g/mol. The molecule has 142 valence electrons. The van der Waals surface area contributed by atoms with Gasteiger partial charge in [0.2, 0.25) is 5.91 Å². The second-order valence-electron chi connectivity index (χ2n) is 5.83. The Bertz CT molecular complexity index is 819. The summed E-state index contributed by atoms with van der Waals surface area (Å²) in [6.45, 7) is 3.64. The molecule has 0 radical (unpaired) electrons. The summed E-state index contributed by atoms with van der Waals surface area (Å²) in [6, 6.07) is 10.7. The number of ether oxygens (including phenoxy) is 2. The highest BCUT2D eigenvalue weighted by molar-refractivity contribution is 6.05. The van der Waals surface area contributed by atoms with E-state index in [-0.39, 0.29) is 18.9 Å². The van der Waals surface area contributed by atoms with Crippen molar-refractivity contribution in [2.75, 3.05) is 12.4 Å². The summed E-state index contributed by atoms with van der Waals surface area (Å²) in [5.74, 6) is 0.921. The van der Waals surface area contributed by atoms with Gasteiger partial charge in [-0.2, -0.15) is 5.10 Å². The Kier molecular flexibility index (Phi) is 7.30. The first-order chi connectivity index (χ1) is 13.0. The lowest BCUT2D eigenvalue weighted by molar-refractivity contribution is -0.115. The van der Waals surface area contributed by atoms with Gasteiger partial charge in [-0.15, -0.1) is 0 Å². The largest absolute Gasteiger partial charge is 0.497 e. The molecule has 0 saturated heterocycles. The molecule has 1 heterocycles. The van der Waals surface area contributed by atoms with Gasteiger partial charge in [-0.1, -0.05) is 12.1 Å². The van der Waals surface area contributed by atoms with Crippen molar-refractivity contribution in [1.29, 1.82) is 0 Å². The fourth-order valence-electron chi connectivity index (χ4n) is 2.11. The fourth-order valence-corrected chi connectivity index (χ4v) is 2.11. The van der Waals surface area contributed by atoms with E-state index in [1.54, 1.807) is 50.6 Å². The number of aryl methyl sites for hydroxylation is 1. The lowest BCUT2D eigenvalue weighted by Gasteiger charge is -2.07. The van der Waals surface area contributed by atoms with Crippen LogP contribution in [0.2, 0.25) is 0 Å². The highest BCUT2D eigenvalue weighted by Gasteiger charge is 2.07. The van der Waals surface area contributed by atoms with Gasteiger partial charge in [0.25, 0.3) is 0 Å². The van der Waals surface area contributed by atoms with Crippen LogP contribution in [0.3, 0.4) is 0 Å². The van der Waals surface area contributed by atoms with E-state index < -0.39 is 6.09 Å². The van der Waals surface area contributed by atoms with E-state index in [0.29, 0.717) is 11.5 Å².